The van der Waals surface area contributed by atoms with Crippen LogP contribution in [0.4, 0.5) is 0 Å². The van der Waals surface area contributed by atoms with Crippen molar-refractivity contribution in [1.82, 2.24) is 5.32 Å². The maximum atomic E-state index is 11.5. The highest BCUT2D eigenvalue weighted by Gasteiger charge is 2.06. The lowest BCUT2D eigenvalue weighted by Crippen LogP contribution is -2.31. The van der Waals surface area contributed by atoms with Gasteiger partial charge in [-0.15, -0.1) is 0 Å². The summed E-state index contributed by atoms with van der Waals surface area (Å²) in [5.74, 6) is 0.569. The number of nitrogens with two attached hydrogens (primary N) is 1. The first kappa shape index (κ1) is 15.7. The first-order valence-corrected chi connectivity index (χ1v) is 7.02. The maximum Gasteiger partial charge on any atom is 0.221 e. The summed E-state index contributed by atoms with van der Waals surface area (Å²) < 4.78 is 0. The summed E-state index contributed by atoms with van der Waals surface area (Å²) in [6.07, 6.45) is 1.27. The normalized spacial score (nSPS) is 12.5. The molecule has 0 saturated heterocycles. The second kappa shape index (κ2) is 7.29. The van der Waals surface area contributed by atoms with Crippen molar-refractivity contribution in [3.8, 4) is 0 Å². The van der Waals surface area contributed by atoms with Gasteiger partial charge in [-0.3, -0.25) is 4.79 Å². The van der Waals surface area contributed by atoms with Crippen LogP contribution in [-0.4, -0.2) is 18.5 Å². The van der Waals surface area contributed by atoms with E-state index in [1.807, 2.05) is 6.92 Å². The Balaban J connectivity index is 2.53. The van der Waals surface area contributed by atoms with E-state index >= 15 is 0 Å². The van der Waals surface area contributed by atoms with E-state index in [1.54, 1.807) is 0 Å². The number of carbonyl (C=O) groups is 1. The molecule has 0 aliphatic carbocycles. The Morgan fingerprint density at radius 2 is 2.00 bits per heavy atom. The molecule has 0 fully saturated rings. The van der Waals surface area contributed by atoms with E-state index in [-0.39, 0.29) is 11.9 Å². The van der Waals surface area contributed by atoms with Gasteiger partial charge in [0.2, 0.25) is 5.91 Å². The Morgan fingerprint density at radius 3 is 2.58 bits per heavy atom. The molecular formula is C16H26N2O. The Kier molecular flexibility index (Phi) is 6.03. The summed E-state index contributed by atoms with van der Waals surface area (Å²) in [6, 6.07) is 6.51. The fraction of sp³-hybridized carbons (Fsp3) is 0.562. The second-order valence-electron chi connectivity index (χ2n) is 5.62. The standard InChI is InChI=1S/C16H26N2O/c1-11(2)14-6-5-12(3)15(10-14)7-8-18-16(19)9-13(4)17/h5-6,10-11,13H,7-9,17H2,1-4H3,(H,18,19). The molecule has 1 aromatic carbocycles. The summed E-state index contributed by atoms with van der Waals surface area (Å²) in [5.41, 5.74) is 9.54. The van der Waals surface area contributed by atoms with Crippen LogP contribution in [0.25, 0.3) is 0 Å². The largest absolute Gasteiger partial charge is 0.356 e. The van der Waals surface area contributed by atoms with Crippen LogP contribution in [0, 0.1) is 6.92 Å². The lowest BCUT2D eigenvalue weighted by molar-refractivity contribution is -0.121. The molecule has 19 heavy (non-hydrogen) atoms. The molecule has 0 bridgehead atoms. The highest BCUT2D eigenvalue weighted by molar-refractivity contribution is 5.76. The van der Waals surface area contributed by atoms with Gasteiger partial charge in [0.1, 0.15) is 0 Å². The average molecular weight is 262 g/mol. The molecule has 1 rings (SSSR count). The number of aryl methyl sites for hydroxylation is 1. The molecule has 106 valence electrons. The van der Waals surface area contributed by atoms with Gasteiger partial charge >= 0.3 is 0 Å². The number of benzene rings is 1. The zero-order valence-electron chi connectivity index (χ0n) is 12.5. The summed E-state index contributed by atoms with van der Waals surface area (Å²) in [7, 11) is 0. The Morgan fingerprint density at radius 1 is 1.32 bits per heavy atom. The number of amides is 1. The minimum absolute atomic E-state index is 0.0349. The minimum Gasteiger partial charge on any atom is -0.356 e. The first-order chi connectivity index (χ1) is 8.90. The van der Waals surface area contributed by atoms with Gasteiger partial charge in [-0.05, 0) is 42.9 Å². The van der Waals surface area contributed by atoms with Crippen LogP contribution in [0.2, 0.25) is 0 Å². The molecule has 0 aromatic heterocycles. The Labute approximate surface area is 116 Å². The molecule has 0 heterocycles. The van der Waals surface area contributed by atoms with Crippen molar-refractivity contribution in [1.29, 1.82) is 0 Å². The molecule has 3 N–H and O–H groups in total. The van der Waals surface area contributed by atoms with Crippen molar-refractivity contribution < 1.29 is 4.79 Å². The van der Waals surface area contributed by atoms with Crippen LogP contribution >= 0.6 is 0 Å². The minimum atomic E-state index is -0.0778. The average Bonchev–Trinajstić information content (AvgIpc) is 2.30. The number of carbonyl (C=O) groups excluding carboxylic acids is 1. The fourth-order valence-corrected chi connectivity index (χ4v) is 2.02. The third-order valence-electron chi connectivity index (χ3n) is 3.26. The Hall–Kier alpha value is -1.35. The van der Waals surface area contributed by atoms with Crippen molar-refractivity contribution in [3.63, 3.8) is 0 Å². The highest BCUT2D eigenvalue weighted by atomic mass is 16.1. The predicted molar refractivity (Wildman–Crippen MR) is 80.2 cm³/mol. The molecule has 1 aromatic rings. The molecule has 0 saturated carbocycles. The first-order valence-electron chi connectivity index (χ1n) is 7.02. The third kappa shape index (κ3) is 5.43. The van der Waals surface area contributed by atoms with E-state index in [0.717, 1.165) is 6.42 Å². The van der Waals surface area contributed by atoms with Gasteiger partial charge in [-0.25, -0.2) is 0 Å². The van der Waals surface area contributed by atoms with Crippen molar-refractivity contribution >= 4 is 5.91 Å². The molecule has 0 spiro atoms. The van der Waals surface area contributed by atoms with Crippen LogP contribution in [0.5, 0.6) is 0 Å². The van der Waals surface area contributed by atoms with E-state index in [2.05, 4.69) is 44.3 Å². The fourth-order valence-electron chi connectivity index (χ4n) is 2.02. The molecule has 3 nitrogen and oxygen atoms in total. The predicted octanol–water partition coefficient (Wildman–Crippen LogP) is 2.51. The van der Waals surface area contributed by atoms with E-state index in [9.17, 15) is 4.79 Å². The van der Waals surface area contributed by atoms with Gasteiger partial charge in [-0.2, -0.15) is 0 Å². The Bertz CT molecular complexity index is 425. The van der Waals surface area contributed by atoms with E-state index in [4.69, 9.17) is 5.73 Å². The molecule has 3 heteroatoms. The zero-order valence-corrected chi connectivity index (χ0v) is 12.5. The summed E-state index contributed by atoms with van der Waals surface area (Å²) in [5, 5.41) is 2.92. The summed E-state index contributed by atoms with van der Waals surface area (Å²) in [4.78, 5) is 11.5. The van der Waals surface area contributed by atoms with Crippen molar-refractivity contribution in [3.05, 3.63) is 34.9 Å². The van der Waals surface area contributed by atoms with Crippen LogP contribution in [0.15, 0.2) is 18.2 Å². The monoisotopic (exact) mass is 262 g/mol. The molecule has 0 radical (unpaired) electrons. The lowest BCUT2D eigenvalue weighted by Gasteiger charge is -2.12. The van der Waals surface area contributed by atoms with E-state index in [1.165, 1.54) is 16.7 Å². The highest BCUT2D eigenvalue weighted by Crippen LogP contribution is 2.18. The molecule has 1 amide bonds. The van der Waals surface area contributed by atoms with Crippen molar-refractivity contribution in [2.75, 3.05) is 6.54 Å². The number of hydrogen-bond donors (Lipinski definition) is 2. The van der Waals surface area contributed by atoms with Gasteiger partial charge < -0.3 is 11.1 Å². The van der Waals surface area contributed by atoms with Gasteiger partial charge in [-0.1, -0.05) is 32.0 Å². The molecule has 0 aliphatic rings. The number of rotatable bonds is 6. The third-order valence-corrected chi connectivity index (χ3v) is 3.26. The second-order valence-corrected chi connectivity index (χ2v) is 5.62. The van der Waals surface area contributed by atoms with Crippen LogP contribution < -0.4 is 11.1 Å². The van der Waals surface area contributed by atoms with Crippen molar-refractivity contribution in [2.45, 2.75) is 52.5 Å². The van der Waals surface area contributed by atoms with Gasteiger partial charge in [0.05, 0.1) is 0 Å². The quantitative estimate of drug-likeness (QED) is 0.827. The van der Waals surface area contributed by atoms with E-state index < -0.39 is 0 Å². The molecular weight excluding hydrogens is 236 g/mol. The van der Waals surface area contributed by atoms with Gasteiger partial charge in [0.25, 0.3) is 0 Å². The smallest absolute Gasteiger partial charge is 0.221 e. The molecule has 1 unspecified atom stereocenters. The van der Waals surface area contributed by atoms with Crippen LogP contribution in [0.3, 0.4) is 0 Å². The topological polar surface area (TPSA) is 55.1 Å². The van der Waals surface area contributed by atoms with Gasteiger partial charge in [0, 0.05) is 19.0 Å². The van der Waals surface area contributed by atoms with Crippen LogP contribution in [0.1, 0.15) is 49.8 Å². The van der Waals surface area contributed by atoms with E-state index in [0.29, 0.717) is 18.9 Å². The van der Waals surface area contributed by atoms with Crippen LogP contribution in [-0.2, 0) is 11.2 Å². The number of hydrogen-bond acceptors (Lipinski definition) is 2. The summed E-state index contributed by atoms with van der Waals surface area (Å²) in [6.45, 7) is 9.02. The van der Waals surface area contributed by atoms with Gasteiger partial charge in [0.15, 0.2) is 0 Å². The molecule has 0 aliphatic heterocycles. The lowest BCUT2D eigenvalue weighted by atomic mass is 9.96. The summed E-state index contributed by atoms with van der Waals surface area (Å²) >= 11 is 0. The SMILES string of the molecule is Cc1ccc(C(C)C)cc1CCNC(=O)CC(C)N. The zero-order chi connectivity index (χ0) is 14.4. The number of nitrogens with one attached hydrogen (secondary N) is 1. The molecule has 1 atom stereocenters. The van der Waals surface area contributed by atoms with Crippen molar-refractivity contribution in [2.24, 2.45) is 5.73 Å². The maximum absolute atomic E-state index is 11.5.